The Hall–Kier alpha value is -1.42. The third-order valence-corrected chi connectivity index (χ3v) is 1.91. The van der Waals surface area contributed by atoms with Crippen molar-refractivity contribution in [2.24, 2.45) is 5.73 Å². The summed E-state index contributed by atoms with van der Waals surface area (Å²) in [7, 11) is 0. The molecule has 1 aromatic carbocycles. The molecule has 1 unspecified atom stereocenters. The van der Waals surface area contributed by atoms with Gasteiger partial charge in [0.1, 0.15) is 5.82 Å². The van der Waals surface area contributed by atoms with Crippen molar-refractivity contribution in [3.63, 3.8) is 0 Å². The summed E-state index contributed by atoms with van der Waals surface area (Å²) in [4.78, 5) is 11.3. The summed E-state index contributed by atoms with van der Waals surface area (Å²) in [5.74, 6) is -0.818. The van der Waals surface area contributed by atoms with E-state index in [1.165, 1.54) is 12.1 Å². The number of carbonyl (C=O) groups is 1. The molecule has 0 fully saturated rings. The lowest BCUT2D eigenvalue weighted by atomic mass is 10.2. The van der Waals surface area contributed by atoms with Crippen LogP contribution in [0.25, 0.3) is 0 Å². The van der Waals surface area contributed by atoms with E-state index in [0.717, 1.165) is 0 Å². The number of nitrogens with one attached hydrogen (secondary N) is 1. The number of rotatable bonds is 3. The lowest BCUT2D eigenvalue weighted by molar-refractivity contribution is -0.117. The molecule has 0 saturated carbocycles. The van der Waals surface area contributed by atoms with Crippen LogP contribution in [0.3, 0.4) is 0 Å². The van der Waals surface area contributed by atoms with Gasteiger partial charge in [0, 0.05) is 0 Å². The average Bonchev–Trinajstić information content (AvgIpc) is 2.20. The standard InChI is InChI=1S/C10H13FN2O/c1-2-8(12)10(14)13-9-6-4-3-5-7(9)11/h3-6,8H,2,12H2,1H3,(H,13,14). The van der Waals surface area contributed by atoms with Gasteiger partial charge in [-0.15, -0.1) is 0 Å². The van der Waals surface area contributed by atoms with Crippen molar-refractivity contribution >= 4 is 11.6 Å². The van der Waals surface area contributed by atoms with Gasteiger partial charge < -0.3 is 11.1 Å². The fourth-order valence-electron chi connectivity index (χ4n) is 0.973. The van der Waals surface area contributed by atoms with Crippen molar-refractivity contribution in [1.29, 1.82) is 0 Å². The predicted octanol–water partition coefficient (Wildman–Crippen LogP) is 1.50. The first kappa shape index (κ1) is 10.7. The monoisotopic (exact) mass is 196 g/mol. The van der Waals surface area contributed by atoms with Gasteiger partial charge in [0.05, 0.1) is 11.7 Å². The highest BCUT2D eigenvalue weighted by atomic mass is 19.1. The third-order valence-electron chi connectivity index (χ3n) is 1.91. The highest BCUT2D eigenvalue weighted by Gasteiger charge is 2.12. The number of benzene rings is 1. The molecule has 1 amide bonds. The summed E-state index contributed by atoms with van der Waals surface area (Å²) in [5, 5.41) is 2.42. The molecule has 0 aromatic heterocycles. The van der Waals surface area contributed by atoms with Crippen molar-refractivity contribution in [3.8, 4) is 0 Å². The summed E-state index contributed by atoms with van der Waals surface area (Å²) in [6.45, 7) is 1.80. The lowest BCUT2D eigenvalue weighted by Gasteiger charge is -2.10. The number of amides is 1. The molecule has 3 N–H and O–H groups in total. The van der Waals surface area contributed by atoms with Crippen LogP contribution in [0.4, 0.5) is 10.1 Å². The van der Waals surface area contributed by atoms with Gasteiger partial charge >= 0.3 is 0 Å². The fraction of sp³-hybridized carbons (Fsp3) is 0.300. The molecule has 0 heterocycles. The molecule has 0 radical (unpaired) electrons. The number of halogens is 1. The van der Waals surface area contributed by atoms with E-state index in [2.05, 4.69) is 5.32 Å². The predicted molar refractivity (Wildman–Crippen MR) is 53.3 cm³/mol. The molecule has 0 bridgehead atoms. The van der Waals surface area contributed by atoms with E-state index in [-0.39, 0.29) is 11.6 Å². The molecule has 0 aliphatic rings. The van der Waals surface area contributed by atoms with Gasteiger partial charge in [0.15, 0.2) is 0 Å². The molecule has 0 aliphatic heterocycles. The summed E-state index contributed by atoms with van der Waals surface area (Å²) < 4.78 is 13.1. The Morgan fingerprint density at radius 3 is 2.79 bits per heavy atom. The van der Waals surface area contributed by atoms with Gasteiger partial charge in [0.25, 0.3) is 0 Å². The Kier molecular flexibility index (Phi) is 3.59. The zero-order valence-electron chi connectivity index (χ0n) is 7.96. The number of nitrogens with two attached hydrogens (primary N) is 1. The highest BCUT2D eigenvalue weighted by Crippen LogP contribution is 2.12. The topological polar surface area (TPSA) is 55.1 Å². The van der Waals surface area contributed by atoms with Crippen LogP contribution in [0.5, 0.6) is 0 Å². The minimum absolute atomic E-state index is 0.168. The molecular formula is C10H13FN2O. The molecular weight excluding hydrogens is 183 g/mol. The molecule has 0 aliphatic carbocycles. The quantitative estimate of drug-likeness (QED) is 0.769. The molecule has 76 valence electrons. The van der Waals surface area contributed by atoms with Crippen LogP contribution in [0.15, 0.2) is 24.3 Å². The van der Waals surface area contributed by atoms with Gasteiger partial charge in [-0.1, -0.05) is 19.1 Å². The SMILES string of the molecule is CCC(N)C(=O)Nc1ccccc1F. The second kappa shape index (κ2) is 4.72. The van der Waals surface area contributed by atoms with Crippen molar-refractivity contribution in [2.75, 3.05) is 5.32 Å². The molecule has 0 spiro atoms. The van der Waals surface area contributed by atoms with Crippen LogP contribution in [0.1, 0.15) is 13.3 Å². The van der Waals surface area contributed by atoms with Crippen LogP contribution in [-0.4, -0.2) is 11.9 Å². The van der Waals surface area contributed by atoms with Gasteiger partial charge in [-0.2, -0.15) is 0 Å². The second-order valence-electron chi connectivity index (χ2n) is 2.98. The summed E-state index contributed by atoms with van der Waals surface area (Å²) in [6, 6.07) is 5.40. The maximum absolute atomic E-state index is 13.1. The smallest absolute Gasteiger partial charge is 0.241 e. The van der Waals surface area contributed by atoms with Crippen molar-refractivity contribution in [2.45, 2.75) is 19.4 Å². The van der Waals surface area contributed by atoms with E-state index in [9.17, 15) is 9.18 Å². The molecule has 14 heavy (non-hydrogen) atoms. The van der Waals surface area contributed by atoms with Gasteiger partial charge in [-0.05, 0) is 18.6 Å². The number of hydrogen-bond acceptors (Lipinski definition) is 2. The van der Waals surface area contributed by atoms with E-state index in [0.29, 0.717) is 6.42 Å². The normalized spacial score (nSPS) is 12.2. The number of para-hydroxylation sites is 1. The van der Waals surface area contributed by atoms with Crippen molar-refractivity contribution < 1.29 is 9.18 Å². The first-order chi connectivity index (χ1) is 6.65. The van der Waals surface area contributed by atoms with Crippen LogP contribution in [0, 0.1) is 5.82 Å². The minimum Gasteiger partial charge on any atom is -0.322 e. The third kappa shape index (κ3) is 2.53. The average molecular weight is 196 g/mol. The Bertz CT molecular complexity index is 328. The van der Waals surface area contributed by atoms with Crippen LogP contribution < -0.4 is 11.1 Å². The van der Waals surface area contributed by atoms with Gasteiger partial charge in [-0.25, -0.2) is 4.39 Å². The van der Waals surface area contributed by atoms with Crippen molar-refractivity contribution in [3.05, 3.63) is 30.1 Å². The summed E-state index contributed by atoms with van der Waals surface area (Å²) in [6.07, 6.45) is 0.528. The Balaban J connectivity index is 2.70. The largest absolute Gasteiger partial charge is 0.322 e. The second-order valence-corrected chi connectivity index (χ2v) is 2.98. The molecule has 1 atom stereocenters. The van der Waals surface area contributed by atoms with Crippen molar-refractivity contribution in [1.82, 2.24) is 0 Å². The minimum atomic E-state index is -0.588. The maximum atomic E-state index is 13.1. The lowest BCUT2D eigenvalue weighted by Crippen LogP contribution is -2.35. The summed E-state index contributed by atoms with van der Waals surface area (Å²) >= 11 is 0. The molecule has 1 aromatic rings. The van der Waals surface area contributed by atoms with Crippen LogP contribution in [-0.2, 0) is 4.79 Å². The van der Waals surface area contributed by atoms with Crippen LogP contribution in [0.2, 0.25) is 0 Å². The molecule has 0 saturated heterocycles. The molecule has 4 heteroatoms. The number of hydrogen-bond donors (Lipinski definition) is 2. The zero-order chi connectivity index (χ0) is 10.6. The van der Waals surface area contributed by atoms with E-state index in [4.69, 9.17) is 5.73 Å². The van der Waals surface area contributed by atoms with E-state index in [1.807, 2.05) is 0 Å². The zero-order valence-corrected chi connectivity index (χ0v) is 7.96. The van der Waals surface area contributed by atoms with Gasteiger partial charge in [-0.3, -0.25) is 4.79 Å². The first-order valence-electron chi connectivity index (χ1n) is 4.46. The Morgan fingerprint density at radius 1 is 1.57 bits per heavy atom. The van der Waals surface area contributed by atoms with E-state index in [1.54, 1.807) is 19.1 Å². The maximum Gasteiger partial charge on any atom is 0.241 e. The number of carbonyl (C=O) groups excluding carboxylic acids is 1. The molecule has 3 nitrogen and oxygen atoms in total. The van der Waals surface area contributed by atoms with E-state index >= 15 is 0 Å². The highest BCUT2D eigenvalue weighted by molar-refractivity contribution is 5.94. The fourth-order valence-corrected chi connectivity index (χ4v) is 0.973. The van der Waals surface area contributed by atoms with E-state index < -0.39 is 11.9 Å². The Morgan fingerprint density at radius 2 is 2.21 bits per heavy atom. The summed E-state index contributed by atoms with van der Waals surface area (Å²) in [5.41, 5.74) is 5.65. The Labute approximate surface area is 82.1 Å². The molecule has 1 rings (SSSR count). The first-order valence-corrected chi connectivity index (χ1v) is 4.46. The van der Waals surface area contributed by atoms with Gasteiger partial charge in [0.2, 0.25) is 5.91 Å². The van der Waals surface area contributed by atoms with Crippen LogP contribution >= 0.6 is 0 Å². The number of anilines is 1.